The minimum atomic E-state index is -0.177. The smallest absolute Gasteiger partial charge is 0.123 e. The number of rotatable bonds is 10. The lowest BCUT2D eigenvalue weighted by atomic mass is 9.85. The molecule has 2 unspecified atom stereocenters. The molecule has 0 radical (unpaired) electrons. The van der Waals surface area contributed by atoms with E-state index in [0.29, 0.717) is 12.5 Å². The van der Waals surface area contributed by atoms with Crippen molar-refractivity contribution < 1.29 is 13.9 Å². The first-order chi connectivity index (χ1) is 9.69. The Kier molecular flexibility index (Phi) is 8.42. The number of nitrogens with one attached hydrogen (secondary N) is 1. The van der Waals surface area contributed by atoms with Crippen molar-refractivity contribution >= 4 is 0 Å². The quantitative estimate of drug-likeness (QED) is 0.670. The minimum absolute atomic E-state index is 0.177. The Labute approximate surface area is 121 Å². The number of hydrogen-bond donors (Lipinski definition) is 1. The maximum Gasteiger partial charge on any atom is 0.123 e. The van der Waals surface area contributed by atoms with Crippen molar-refractivity contribution in [2.75, 3.05) is 40.5 Å². The molecule has 3 nitrogen and oxygen atoms in total. The summed E-state index contributed by atoms with van der Waals surface area (Å²) < 4.78 is 23.6. The van der Waals surface area contributed by atoms with Crippen LogP contribution in [0.25, 0.3) is 0 Å². The van der Waals surface area contributed by atoms with Crippen LogP contribution < -0.4 is 5.32 Å². The third-order valence-corrected chi connectivity index (χ3v) is 3.59. The normalized spacial score (nSPS) is 14.2. The summed E-state index contributed by atoms with van der Waals surface area (Å²) in [4.78, 5) is 0. The largest absolute Gasteiger partial charge is 0.385 e. The molecule has 1 aromatic rings. The molecule has 0 saturated carbocycles. The van der Waals surface area contributed by atoms with Crippen LogP contribution in [0.5, 0.6) is 0 Å². The molecule has 0 aliphatic heterocycles. The van der Waals surface area contributed by atoms with Crippen LogP contribution in [0.15, 0.2) is 24.3 Å². The highest BCUT2D eigenvalue weighted by atomic mass is 19.1. The van der Waals surface area contributed by atoms with Gasteiger partial charge in [-0.15, -0.1) is 0 Å². The summed E-state index contributed by atoms with van der Waals surface area (Å²) in [5.74, 6) is 0.521. The molecule has 2 atom stereocenters. The van der Waals surface area contributed by atoms with E-state index in [-0.39, 0.29) is 11.7 Å². The lowest BCUT2D eigenvalue weighted by Crippen LogP contribution is -2.28. The van der Waals surface area contributed by atoms with Gasteiger partial charge in [0.15, 0.2) is 0 Å². The van der Waals surface area contributed by atoms with E-state index in [1.165, 1.54) is 6.07 Å². The van der Waals surface area contributed by atoms with Gasteiger partial charge in [-0.2, -0.15) is 0 Å². The first-order valence-electron chi connectivity index (χ1n) is 7.13. The molecule has 4 heteroatoms. The van der Waals surface area contributed by atoms with E-state index in [9.17, 15) is 4.39 Å². The molecule has 0 amide bonds. The fourth-order valence-electron chi connectivity index (χ4n) is 2.32. The van der Waals surface area contributed by atoms with Crippen molar-refractivity contribution in [2.45, 2.75) is 19.3 Å². The lowest BCUT2D eigenvalue weighted by molar-refractivity contribution is 0.172. The summed E-state index contributed by atoms with van der Waals surface area (Å²) in [5, 5.41) is 3.37. The Morgan fingerprint density at radius 2 is 1.95 bits per heavy atom. The van der Waals surface area contributed by atoms with Crippen molar-refractivity contribution in [2.24, 2.45) is 5.92 Å². The van der Waals surface area contributed by atoms with E-state index in [4.69, 9.17) is 9.47 Å². The zero-order valence-electron chi connectivity index (χ0n) is 12.7. The van der Waals surface area contributed by atoms with Crippen LogP contribution in [0.3, 0.4) is 0 Å². The minimum Gasteiger partial charge on any atom is -0.385 e. The monoisotopic (exact) mass is 283 g/mol. The van der Waals surface area contributed by atoms with Crippen LogP contribution in [0.4, 0.5) is 4.39 Å². The van der Waals surface area contributed by atoms with E-state index in [1.54, 1.807) is 26.4 Å². The van der Waals surface area contributed by atoms with Crippen LogP contribution in [-0.2, 0) is 9.47 Å². The molecule has 0 fully saturated rings. The van der Waals surface area contributed by atoms with Crippen molar-refractivity contribution in [1.29, 1.82) is 0 Å². The third kappa shape index (κ3) is 5.99. The Morgan fingerprint density at radius 3 is 2.60 bits per heavy atom. The second kappa shape index (κ2) is 9.86. The van der Waals surface area contributed by atoms with Crippen LogP contribution in [-0.4, -0.2) is 40.5 Å². The Morgan fingerprint density at radius 1 is 1.20 bits per heavy atom. The van der Waals surface area contributed by atoms with Crippen molar-refractivity contribution in [3.63, 3.8) is 0 Å². The summed E-state index contributed by atoms with van der Waals surface area (Å²) in [7, 11) is 3.40. The van der Waals surface area contributed by atoms with Gasteiger partial charge in [-0.1, -0.05) is 19.1 Å². The molecule has 0 heterocycles. The molecule has 0 aliphatic carbocycles. The maximum atomic E-state index is 13.4. The predicted molar refractivity (Wildman–Crippen MR) is 79.5 cm³/mol. The number of hydrogen-bond acceptors (Lipinski definition) is 3. The Hall–Kier alpha value is -0.970. The predicted octanol–water partition coefficient (Wildman–Crippen LogP) is 2.82. The molecule has 0 bridgehead atoms. The van der Waals surface area contributed by atoms with Crippen LogP contribution in [0, 0.1) is 11.7 Å². The topological polar surface area (TPSA) is 30.5 Å². The summed E-state index contributed by atoms with van der Waals surface area (Å²) in [6.07, 6.45) is 0.962. The summed E-state index contributed by atoms with van der Waals surface area (Å²) >= 11 is 0. The van der Waals surface area contributed by atoms with Crippen molar-refractivity contribution in [3.8, 4) is 0 Å². The van der Waals surface area contributed by atoms with Gasteiger partial charge in [0.1, 0.15) is 5.82 Å². The molecule has 0 spiro atoms. The molecule has 1 rings (SSSR count). The first kappa shape index (κ1) is 17.1. The maximum absolute atomic E-state index is 13.4. The molecule has 0 saturated heterocycles. The molecule has 0 aliphatic rings. The molecule has 20 heavy (non-hydrogen) atoms. The number of methoxy groups -OCH3 is 2. The summed E-state index contributed by atoms with van der Waals surface area (Å²) in [6.45, 7) is 5.22. The SMILES string of the molecule is COCCNCC(c1cccc(F)c1)C(C)CCOC. The summed E-state index contributed by atoms with van der Waals surface area (Å²) in [5.41, 5.74) is 1.04. The molecule has 0 aromatic heterocycles. The zero-order valence-corrected chi connectivity index (χ0v) is 12.7. The van der Waals surface area contributed by atoms with Gasteiger partial charge in [-0.05, 0) is 36.0 Å². The first-order valence-corrected chi connectivity index (χ1v) is 7.13. The standard InChI is InChI=1S/C16H26FNO2/c1-13(7-9-19-2)16(12-18-8-10-20-3)14-5-4-6-15(17)11-14/h4-6,11,13,16,18H,7-10,12H2,1-3H3. The average molecular weight is 283 g/mol. The van der Waals surface area contributed by atoms with Gasteiger partial charge in [-0.3, -0.25) is 0 Å². The van der Waals surface area contributed by atoms with Gasteiger partial charge in [0.05, 0.1) is 6.61 Å². The number of halogens is 1. The van der Waals surface area contributed by atoms with Crippen LogP contribution in [0.1, 0.15) is 24.8 Å². The van der Waals surface area contributed by atoms with Crippen LogP contribution >= 0.6 is 0 Å². The van der Waals surface area contributed by atoms with Gasteiger partial charge in [0.25, 0.3) is 0 Å². The average Bonchev–Trinajstić information content (AvgIpc) is 2.45. The molecule has 1 aromatic carbocycles. The van der Waals surface area contributed by atoms with Gasteiger partial charge in [0.2, 0.25) is 0 Å². The number of benzene rings is 1. The van der Waals surface area contributed by atoms with Crippen molar-refractivity contribution in [1.82, 2.24) is 5.32 Å². The Balaban J connectivity index is 2.67. The molecular weight excluding hydrogens is 257 g/mol. The fraction of sp³-hybridized carbons (Fsp3) is 0.625. The molecule has 1 N–H and O–H groups in total. The van der Waals surface area contributed by atoms with E-state index in [1.807, 2.05) is 6.07 Å². The molecule has 114 valence electrons. The summed E-state index contributed by atoms with van der Waals surface area (Å²) in [6, 6.07) is 6.88. The highest BCUT2D eigenvalue weighted by Gasteiger charge is 2.19. The Bertz CT molecular complexity index is 373. The van der Waals surface area contributed by atoms with E-state index in [2.05, 4.69) is 12.2 Å². The van der Waals surface area contributed by atoms with E-state index >= 15 is 0 Å². The van der Waals surface area contributed by atoms with Gasteiger partial charge >= 0.3 is 0 Å². The fourth-order valence-corrected chi connectivity index (χ4v) is 2.32. The van der Waals surface area contributed by atoms with Gasteiger partial charge in [0, 0.05) is 33.9 Å². The second-order valence-electron chi connectivity index (χ2n) is 5.12. The third-order valence-electron chi connectivity index (χ3n) is 3.59. The van der Waals surface area contributed by atoms with Gasteiger partial charge in [-0.25, -0.2) is 4.39 Å². The van der Waals surface area contributed by atoms with Crippen molar-refractivity contribution in [3.05, 3.63) is 35.6 Å². The number of ether oxygens (including phenoxy) is 2. The zero-order chi connectivity index (χ0) is 14.8. The van der Waals surface area contributed by atoms with Gasteiger partial charge < -0.3 is 14.8 Å². The van der Waals surface area contributed by atoms with E-state index < -0.39 is 0 Å². The lowest BCUT2D eigenvalue weighted by Gasteiger charge is -2.25. The van der Waals surface area contributed by atoms with E-state index in [0.717, 1.165) is 31.7 Å². The highest BCUT2D eigenvalue weighted by Crippen LogP contribution is 2.27. The second-order valence-corrected chi connectivity index (χ2v) is 5.12. The van der Waals surface area contributed by atoms with Crippen LogP contribution in [0.2, 0.25) is 0 Å². The molecular formula is C16H26FNO2. The highest BCUT2D eigenvalue weighted by molar-refractivity contribution is 5.21.